The van der Waals surface area contributed by atoms with Gasteiger partial charge in [-0.3, -0.25) is 4.79 Å². The van der Waals surface area contributed by atoms with Crippen molar-refractivity contribution in [3.8, 4) is 16.9 Å². The normalized spacial score (nSPS) is 19.3. The molecule has 2 atom stereocenters. The molecule has 5 rings (SSSR count). The molecule has 3 aromatic rings. The third-order valence-corrected chi connectivity index (χ3v) is 7.05. The minimum Gasteiger partial charge on any atom is -0.490 e. The number of hydrogen-bond donors (Lipinski definition) is 1. The first-order chi connectivity index (χ1) is 17.2. The van der Waals surface area contributed by atoms with Crippen LogP contribution < -0.4 is 19.6 Å². The highest BCUT2D eigenvalue weighted by Crippen LogP contribution is 2.42. The third kappa shape index (κ3) is 4.85. The number of pyridine rings is 1. The van der Waals surface area contributed by atoms with E-state index in [4.69, 9.17) is 4.74 Å². The van der Waals surface area contributed by atoms with Gasteiger partial charge in [-0.05, 0) is 40.1 Å². The number of ether oxygens (including phenoxy) is 1. The smallest absolute Gasteiger partial charge is 0.258 e. The number of carbonyl (C=O) groups excluding carboxylic acids is 1. The maximum Gasteiger partial charge on any atom is 0.258 e. The largest absolute Gasteiger partial charge is 0.490 e. The van der Waals surface area contributed by atoms with E-state index in [0.717, 1.165) is 29.1 Å². The van der Waals surface area contributed by atoms with E-state index in [2.05, 4.69) is 34.3 Å². The molecule has 188 valence electrons. The van der Waals surface area contributed by atoms with Gasteiger partial charge in [0.1, 0.15) is 23.8 Å². The summed E-state index contributed by atoms with van der Waals surface area (Å²) in [5.41, 5.74) is 2.16. The number of alkyl halides is 1. The van der Waals surface area contributed by atoms with E-state index < -0.39 is 5.67 Å². The maximum atomic E-state index is 14.8. The quantitative estimate of drug-likeness (QED) is 0.494. The Morgan fingerprint density at radius 3 is 2.67 bits per heavy atom. The molecule has 0 saturated carbocycles. The molecule has 1 N–H and O–H groups in total. The number of amides is 1. The Morgan fingerprint density at radius 2 is 1.97 bits per heavy atom. The Balaban J connectivity index is 1.56. The van der Waals surface area contributed by atoms with Crippen molar-refractivity contribution < 1.29 is 13.9 Å². The maximum absolute atomic E-state index is 14.8. The minimum atomic E-state index is -1.32. The third-order valence-electron chi connectivity index (χ3n) is 6.51. The predicted octanol–water partition coefficient (Wildman–Crippen LogP) is 4.84. The van der Waals surface area contributed by atoms with E-state index in [1.807, 2.05) is 43.0 Å². The van der Waals surface area contributed by atoms with Crippen LogP contribution in [0.15, 0.2) is 42.9 Å². The number of benzene rings is 1. The lowest BCUT2D eigenvalue weighted by Crippen LogP contribution is -2.28. The van der Waals surface area contributed by atoms with E-state index in [1.54, 1.807) is 13.1 Å². The van der Waals surface area contributed by atoms with Gasteiger partial charge in [0.2, 0.25) is 0 Å². The second-order valence-corrected chi connectivity index (χ2v) is 10.4. The standard InChI is InChI=1S/C26H30FN6O2P/c1-16(2)23-29-13-18(14-30-23)25(34)31-22-19(6-8-28-24(22)32-9-7-26(3,27)15-32)17-4-5-21-20(12-17)33(36)10-11-35-21/h4-6,8,12-14,16H,7,9-11,15,36H2,1-3H3,(H,31,34). The van der Waals surface area contributed by atoms with E-state index >= 15 is 0 Å². The molecular weight excluding hydrogens is 478 g/mol. The molecule has 2 unspecified atom stereocenters. The highest BCUT2D eigenvalue weighted by Gasteiger charge is 2.36. The Labute approximate surface area is 212 Å². The molecule has 4 heterocycles. The lowest BCUT2D eigenvalue weighted by Gasteiger charge is -2.28. The van der Waals surface area contributed by atoms with Gasteiger partial charge in [0.25, 0.3) is 5.91 Å². The van der Waals surface area contributed by atoms with Crippen molar-refractivity contribution in [1.29, 1.82) is 0 Å². The molecule has 10 heteroatoms. The van der Waals surface area contributed by atoms with Crippen molar-refractivity contribution in [2.24, 2.45) is 0 Å². The van der Waals surface area contributed by atoms with Gasteiger partial charge >= 0.3 is 0 Å². The van der Waals surface area contributed by atoms with Crippen LogP contribution in [0.1, 0.15) is 49.3 Å². The van der Waals surface area contributed by atoms with Crippen LogP contribution in [0, 0.1) is 0 Å². The fraction of sp³-hybridized carbons (Fsp3) is 0.385. The fourth-order valence-electron chi connectivity index (χ4n) is 4.50. The summed E-state index contributed by atoms with van der Waals surface area (Å²) in [6.45, 7) is 7.67. The monoisotopic (exact) mass is 508 g/mol. The van der Waals surface area contributed by atoms with Crippen LogP contribution in [0.25, 0.3) is 11.1 Å². The molecule has 0 radical (unpaired) electrons. The topological polar surface area (TPSA) is 83.5 Å². The number of hydrogen-bond acceptors (Lipinski definition) is 7. The Morgan fingerprint density at radius 1 is 1.19 bits per heavy atom. The summed E-state index contributed by atoms with van der Waals surface area (Å²) in [7, 11) is 2.72. The summed E-state index contributed by atoms with van der Waals surface area (Å²) in [6, 6.07) is 7.78. The van der Waals surface area contributed by atoms with Gasteiger partial charge in [-0.15, -0.1) is 0 Å². The zero-order valence-electron chi connectivity index (χ0n) is 20.7. The number of fused-ring (bicyclic) bond motifs is 1. The molecule has 1 saturated heterocycles. The average molecular weight is 509 g/mol. The van der Waals surface area contributed by atoms with Crippen molar-refractivity contribution in [3.05, 3.63) is 54.2 Å². The van der Waals surface area contributed by atoms with E-state index in [-0.39, 0.29) is 18.4 Å². The van der Waals surface area contributed by atoms with Crippen LogP contribution >= 0.6 is 9.39 Å². The lowest BCUT2D eigenvalue weighted by atomic mass is 10.0. The van der Waals surface area contributed by atoms with Gasteiger partial charge in [0.05, 0.1) is 30.0 Å². The van der Waals surface area contributed by atoms with Gasteiger partial charge in [-0.2, -0.15) is 0 Å². The minimum absolute atomic E-state index is 0.160. The van der Waals surface area contributed by atoms with Gasteiger partial charge in [0.15, 0.2) is 5.82 Å². The zero-order chi connectivity index (χ0) is 25.4. The summed E-state index contributed by atoms with van der Waals surface area (Å²) < 4.78 is 22.6. The van der Waals surface area contributed by atoms with Crippen molar-refractivity contribution in [1.82, 2.24) is 15.0 Å². The summed E-state index contributed by atoms with van der Waals surface area (Å²) in [5.74, 6) is 1.82. The van der Waals surface area contributed by atoms with Crippen LogP contribution in [0.4, 0.5) is 21.6 Å². The molecule has 0 aliphatic carbocycles. The number of carbonyl (C=O) groups is 1. The highest BCUT2D eigenvalue weighted by molar-refractivity contribution is 7.19. The SMILES string of the molecule is CC(C)c1ncc(C(=O)Nc2c(-c3ccc4c(c3)N(P)CCO4)ccnc2N2CCC(C)(F)C2)cn1. The van der Waals surface area contributed by atoms with Crippen LogP contribution in [0.5, 0.6) is 5.75 Å². The molecule has 0 spiro atoms. The van der Waals surface area contributed by atoms with E-state index in [9.17, 15) is 9.18 Å². The summed E-state index contributed by atoms with van der Waals surface area (Å²) in [5, 5.41) is 3.04. The van der Waals surface area contributed by atoms with Gasteiger partial charge in [-0.25, -0.2) is 19.3 Å². The first-order valence-corrected chi connectivity index (χ1v) is 12.6. The molecule has 1 aromatic carbocycles. The Kier molecular flexibility index (Phi) is 6.51. The predicted molar refractivity (Wildman–Crippen MR) is 143 cm³/mol. The molecule has 8 nitrogen and oxygen atoms in total. The lowest BCUT2D eigenvalue weighted by molar-refractivity contribution is 0.102. The number of rotatable bonds is 5. The second kappa shape index (κ2) is 9.62. The zero-order valence-corrected chi connectivity index (χ0v) is 21.8. The average Bonchev–Trinajstić information content (AvgIpc) is 3.23. The van der Waals surface area contributed by atoms with Crippen LogP contribution in [-0.4, -0.2) is 52.8 Å². The first-order valence-electron chi connectivity index (χ1n) is 12.1. The van der Waals surface area contributed by atoms with Gasteiger partial charge < -0.3 is 19.6 Å². The van der Waals surface area contributed by atoms with Gasteiger partial charge in [-0.1, -0.05) is 19.9 Å². The first kappa shape index (κ1) is 24.4. The van der Waals surface area contributed by atoms with Crippen molar-refractivity contribution >= 4 is 32.5 Å². The molecule has 0 bridgehead atoms. The van der Waals surface area contributed by atoms with Crippen LogP contribution in [0.2, 0.25) is 0 Å². The summed E-state index contributed by atoms with van der Waals surface area (Å²) >= 11 is 0. The van der Waals surface area contributed by atoms with Crippen LogP contribution in [0.3, 0.4) is 0 Å². The fourth-order valence-corrected chi connectivity index (χ4v) is 4.81. The highest BCUT2D eigenvalue weighted by atomic mass is 31.0. The van der Waals surface area contributed by atoms with E-state index in [0.29, 0.717) is 42.5 Å². The van der Waals surface area contributed by atoms with Gasteiger partial charge in [0, 0.05) is 43.0 Å². The van der Waals surface area contributed by atoms with Crippen molar-refractivity contribution in [2.75, 3.05) is 41.1 Å². The molecule has 2 aliphatic rings. The molecule has 1 amide bonds. The van der Waals surface area contributed by atoms with Crippen molar-refractivity contribution in [3.63, 3.8) is 0 Å². The second-order valence-electron chi connectivity index (χ2n) is 9.81. The molecule has 36 heavy (non-hydrogen) atoms. The van der Waals surface area contributed by atoms with E-state index in [1.165, 1.54) is 12.4 Å². The van der Waals surface area contributed by atoms with Crippen LogP contribution in [-0.2, 0) is 0 Å². The number of anilines is 3. The number of nitrogens with zero attached hydrogens (tertiary/aromatic N) is 5. The molecule has 2 aliphatic heterocycles. The van der Waals surface area contributed by atoms with Crippen molar-refractivity contribution in [2.45, 2.75) is 38.8 Å². The summed E-state index contributed by atoms with van der Waals surface area (Å²) in [4.78, 5) is 28.4. The Bertz CT molecular complexity index is 1280. The summed E-state index contributed by atoms with van der Waals surface area (Å²) in [6.07, 6.45) is 5.16. The number of nitrogens with one attached hydrogen (secondary N) is 1. The molecular formula is C26H30FN6O2P. The Hall–Kier alpha value is -3.32. The molecule has 2 aromatic heterocycles. The number of aromatic nitrogens is 3. The molecule has 1 fully saturated rings. The number of halogens is 1.